The van der Waals surface area contributed by atoms with E-state index in [-0.39, 0.29) is 45.7 Å². The molecule has 1 unspecified atom stereocenters. The Morgan fingerprint density at radius 2 is 0.789 bits per heavy atom. The first kappa shape index (κ1) is 41.2. The zero-order valence-corrected chi connectivity index (χ0v) is 35.8. The van der Waals surface area contributed by atoms with Gasteiger partial charge in [0, 0.05) is 11.8 Å². The van der Waals surface area contributed by atoms with Gasteiger partial charge in [0.1, 0.15) is 23.0 Å². The average Bonchev–Trinajstić information content (AvgIpc) is 3.15. The quantitative estimate of drug-likeness (QED) is 0.116. The summed E-state index contributed by atoms with van der Waals surface area (Å²) in [7, 11) is 0. The Hall–Kier alpha value is -5.48. The van der Waals surface area contributed by atoms with Crippen molar-refractivity contribution in [3.05, 3.63) is 187 Å². The molecule has 4 nitrogen and oxygen atoms in total. The molecule has 0 radical (unpaired) electrons. The third-order valence-electron chi connectivity index (χ3n) is 12.5. The van der Waals surface area contributed by atoms with Crippen molar-refractivity contribution >= 4 is 0 Å². The lowest BCUT2D eigenvalue weighted by Crippen LogP contribution is -2.43. The second-order valence-corrected chi connectivity index (χ2v) is 18.3. The Balaban J connectivity index is 1.98. The van der Waals surface area contributed by atoms with E-state index < -0.39 is 5.41 Å². The summed E-state index contributed by atoms with van der Waals surface area (Å²) in [6.45, 7) is 25.2. The molecular formula is C53H60O4. The summed E-state index contributed by atoms with van der Waals surface area (Å²) in [5.41, 5.74) is 11.9. The van der Waals surface area contributed by atoms with Crippen molar-refractivity contribution in [2.45, 2.75) is 111 Å². The predicted molar refractivity (Wildman–Crippen MR) is 236 cm³/mol. The van der Waals surface area contributed by atoms with Gasteiger partial charge in [-0.2, -0.15) is 0 Å². The molecule has 0 heterocycles. The average molecular weight is 761 g/mol. The fourth-order valence-corrected chi connectivity index (χ4v) is 9.57. The summed E-state index contributed by atoms with van der Waals surface area (Å²) in [5, 5.41) is 45.7. The molecule has 4 N–H and O–H groups in total. The first-order chi connectivity index (χ1) is 26.7. The van der Waals surface area contributed by atoms with Gasteiger partial charge in [0.05, 0.1) is 5.41 Å². The maximum absolute atomic E-state index is 11.4. The van der Waals surface area contributed by atoms with Crippen molar-refractivity contribution in [2.24, 2.45) is 0 Å². The van der Waals surface area contributed by atoms with Gasteiger partial charge in [0.25, 0.3) is 0 Å². The molecule has 0 amide bonds. The van der Waals surface area contributed by atoms with Gasteiger partial charge in [-0.15, -0.1) is 0 Å². The topological polar surface area (TPSA) is 80.9 Å². The second-order valence-electron chi connectivity index (χ2n) is 18.3. The zero-order valence-electron chi connectivity index (χ0n) is 35.8. The number of hydrogen-bond acceptors (Lipinski definition) is 4. The Morgan fingerprint density at radius 1 is 0.404 bits per heavy atom. The maximum Gasteiger partial charge on any atom is 0.119 e. The van der Waals surface area contributed by atoms with E-state index in [1.807, 2.05) is 38.1 Å². The van der Waals surface area contributed by atoms with Crippen molar-refractivity contribution in [2.75, 3.05) is 0 Å². The van der Waals surface area contributed by atoms with Crippen molar-refractivity contribution < 1.29 is 20.4 Å². The standard InChI is InChI=1S/C53H60O4/c1-31-27-45(56)33(3)35(5)48(31)53(40-21-17-14-18-22-40,49-32(2)28-46(57)34(4)36(49)6)50(37-19-15-13-16-20-37)47(38-23-25-43(54)41(29-38)51(7,8)9)39-24-26-44(55)42(30-39)52(10,11)12/h13-30,47,50,54-57H,1-12H3. The van der Waals surface area contributed by atoms with Crippen molar-refractivity contribution in [3.8, 4) is 23.0 Å². The molecular weight excluding hydrogens is 701 g/mol. The normalized spacial score (nSPS) is 12.9. The molecule has 0 aliphatic rings. The summed E-state index contributed by atoms with van der Waals surface area (Å²) in [6, 6.07) is 37.4. The monoisotopic (exact) mass is 760 g/mol. The van der Waals surface area contributed by atoms with Crippen LogP contribution in [0.1, 0.15) is 131 Å². The smallest absolute Gasteiger partial charge is 0.119 e. The molecule has 0 saturated heterocycles. The number of hydrogen-bond donors (Lipinski definition) is 4. The predicted octanol–water partition coefficient (Wildman–Crippen LogP) is 12.9. The van der Waals surface area contributed by atoms with Crippen LogP contribution in [0.3, 0.4) is 0 Å². The third kappa shape index (κ3) is 7.20. The zero-order chi connectivity index (χ0) is 41.8. The van der Waals surface area contributed by atoms with Crippen molar-refractivity contribution in [1.29, 1.82) is 0 Å². The Kier molecular flexibility index (Phi) is 10.9. The first-order valence-electron chi connectivity index (χ1n) is 20.1. The van der Waals surface area contributed by atoms with Crippen LogP contribution in [0.4, 0.5) is 0 Å². The van der Waals surface area contributed by atoms with E-state index in [4.69, 9.17) is 0 Å². The largest absolute Gasteiger partial charge is 0.508 e. The number of phenols is 4. The van der Waals surface area contributed by atoms with Crippen molar-refractivity contribution in [1.82, 2.24) is 0 Å². The highest BCUT2D eigenvalue weighted by molar-refractivity contribution is 5.68. The van der Waals surface area contributed by atoms with Gasteiger partial charge in [-0.1, -0.05) is 126 Å². The highest BCUT2D eigenvalue weighted by atomic mass is 16.3. The van der Waals surface area contributed by atoms with Crippen LogP contribution in [0.15, 0.2) is 109 Å². The van der Waals surface area contributed by atoms with Gasteiger partial charge in [0.15, 0.2) is 0 Å². The van der Waals surface area contributed by atoms with Crippen LogP contribution in [0.5, 0.6) is 23.0 Å². The van der Waals surface area contributed by atoms with Gasteiger partial charge >= 0.3 is 0 Å². The summed E-state index contributed by atoms with van der Waals surface area (Å²) in [4.78, 5) is 0. The fraction of sp³-hybridized carbons (Fsp3) is 0.321. The molecule has 0 bridgehead atoms. The van der Waals surface area contributed by atoms with Crippen LogP contribution in [-0.4, -0.2) is 20.4 Å². The number of rotatable bonds is 8. The Bertz CT molecular complexity index is 2300. The lowest BCUT2D eigenvalue weighted by molar-refractivity contribution is 0.418. The van der Waals surface area contributed by atoms with Crippen LogP contribution < -0.4 is 0 Å². The van der Waals surface area contributed by atoms with E-state index in [0.717, 1.165) is 77.9 Å². The van der Waals surface area contributed by atoms with E-state index in [1.165, 1.54) is 0 Å². The van der Waals surface area contributed by atoms with Crippen LogP contribution in [0.2, 0.25) is 0 Å². The summed E-state index contributed by atoms with van der Waals surface area (Å²) >= 11 is 0. The minimum absolute atomic E-state index is 0.248. The molecule has 6 aromatic carbocycles. The van der Waals surface area contributed by atoms with Gasteiger partial charge in [-0.05, 0) is 155 Å². The molecule has 6 rings (SSSR count). The molecule has 0 aliphatic heterocycles. The molecule has 4 heteroatoms. The molecule has 6 aromatic rings. The van der Waals surface area contributed by atoms with Crippen LogP contribution >= 0.6 is 0 Å². The Labute approximate surface area is 340 Å². The maximum atomic E-state index is 11.4. The van der Waals surface area contributed by atoms with Crippen LogP contribution in [0, 0.1) is 41.5 Å². The van der Waals surface area contributed by atoms with E-state index in [0.29, 0.717) is 0 Å². The van der Waals surface area contributed by atoms with Gasteiger partial charge in [0.2, 0.25) is 0 Å². The molecule has 0 aliphatic carbocycles. The second kappa shape index (κ2) is 15.1. The number of phenolic OH excluding ortho intramolecular Hbond substituents is 4. The van der Waals surface area contributed by atoms with Gasteiger partial charge in [-0.3, -0.25) is 0 Å². The molecule has 296 valence electrons. The summed E-state index contributed by atoms with van der Waals surface area (Å²) in [5.74, 6) is 0.258. The van der Waals surface area contributed by atoms with E-state index >= 15 is 0 Å². The first-order valence-corrected chi connectivity index (χ1v) is 20.1. The number of aromatic hydroxyl groups is 4. The molecule has 57 heavy (non-hydrogen) atoms. The van der Waals surface area contributed by atoms with Gasteiger partial charge in [-0.25, -0.2) is 0 Å². The molecule has 0 saturated carbocycles. The van der Waals surface area contributed by atoms with Crippen molar-refractivity contribution in [3.63, 3.8) is 0 Å². The highest BCUT2D eigenvalue weighted by Crippen LogP contribution is 2.61. The van der Waals surface area contributed by atoms with E-state index in [2.05, 4.69) is 154 Å². The molecule has 0 aromatic heterocycles. The summed E-state index contributed by atoms with van der Waals surface area (Å²) in [6.07, 6.45) is 0. The van der Waals surface area contributed by atoms with Gasteiger partial charge < -0.3 is 20.4 Å². The van der Waals surface area contributed by atoms with Crippen LogP contribution in [-0.2, 0) is 16.2 Å². The van der Waals surface area contributed by atoms with Crippen LogP contribution in [0.25, 0.3) is 0 Å². The lowest BCUT2D eigenvalue weighted by atomic mass is 9.52. The Morgan fingerprint density at radius 3 is 1.18 bits per heavy atom. The summed E-state index contributed by atoms with van der Waals surface area (Å²) < 4.78 is 0. The van der Waals surface area contributed by atoms with E-state index in [9.17, 15) is 20.4 Å². The fourth-order valence-electron chi connectivity index (χ4n) is 9.57. The number of benzene rings is 6. The highest BCUT2D eigenvalue weighted by Gasteiger charge is 2.52. The molecule has 0 spiro atoms. The lowest BCUT2D eigenvalue weighted by Gasteiger charge is -2.50. The minimum atomic E-state index is -0.952. The SMILES string of the molecule is Cc1cc(O)c(C)c(C)c1C(c1ccccc1)(c1c(C)cc(O)c(C)c1C)C(c1ccccc1)C(c1ccc(O)c(C(C)(C)C)c1)c1ccc(O)c(C(C)(C)C)c1. The minimum Gasteiger partial charge on any atom is -0.508 e. The molecule has 0 fully saturated rings. The number of aryl methyl sites for hydroxylation is 2. The molecule has 1 atom stereocenters. The third-order valence-corrected chi connectivity index (χ3v) is 12.5. The van der Waals surface area contributed by atoms with E-state index in [1.54, 1.807) is 0 Å².